The molecule has 0 aliphatic heterocycles. The van der Waals surface area contributed by atoms with E-state index in [1.54, 1.807) is 5.56 Å². The average molecular weight is 849 g/mol. The van der Waals surface area contributed by atoms with Crippen LogP contribution >= 0.6 is 17.0 Å². The Hall–Kier alpha value is -2.22. The van der Waals surface area contributed by atoms with E-state index >= 15 is 0 Å². The quantitative estimate of drug-likeness (QED) is 0.122. The molecule has 280 valence electrons. The summed E-state index contributed by atoms with van der Waals surface area (Å²) in [6, 6.07) is 41.4. The van der Waals surface area contributed by atoms with Gasteiger partial charge in [0.25, 0.3) is 0 Å². The Balaban J connectivity index is 0.000000163. The Bertz CT molecular complexity index is 2070. The second-order valence-electron chi connectivity index (χ2n) is 17.8. The van der Waals surface area contributed by atoms with E-state index in [4.69, 9.17) is 17.0 Å². The fourth-order valence-corrected chi connectivity index (χ4v) is 10.1. The first-order valence-electron chi connectivity index (χ1n) is 20.0. The van der Waals surface area contributed by atoms with Crippen LogP contribution in [0.2, 0.25) is 13.1 Å². The molecule has 0 spiro atoms. The summed E-state index contributed by atoms with van der Waals surface area (Å²) in [6.45, 7) is 17.8. The first-order chi connectivity index (χ1) is 25.9. The van der Waals surface area contributed by atoms with Crippen LogP contribution < -0.4 is 0 Å². The van der Waals surface area contributed by atoms with E-state index < -0.39 is 20.8 Å². The zero-order chi connectivity index (χ0) is 38.6. The average Bonchev–Trinajstić information content (AvgIpc) is 3.75. The normalized spacial score (nSPS) is 21.1. The van der Waals surface area contributed by atoms with E-state index in [0.29, 0.717) is 11.3 Å². The van der Waals surface area contributed by atoms with Gasteiger partial charge in [0.1, 0.15) is 0 Å². The van der Waals surface area contributed by atoms with Gasteiger partial charge in [-0.15, -0.1) is 69.1 Å². The number of benzene rings is 4. The molecule has 0 unspecified atom stereocenters. The van der Waals surface area contributed by atoms with E-state index in [9.17, 15) is 0 Å². The van der Waals surface area contributed by atoms with Crippen molar-refractivity contribution in [1.29, 1.82) is 0 Å². The van der Waals surface area contributed by atoms with E-state index in [0.717, 1.165) is 27.3 Å². The van der Waals surface area contributed by atoms with Gasteiger partial charge in [-0.05, 0) is 95.3 Å². The Kier molecular flexibility index (Phi) is 13.7. The standard InChI is InChI=1S/C26H27.C22H25.C2H6Si.2ClH.Zr/c1-17-9-22-3-2-4-24(25(22)10-17)21-5-7-23(8-6-21)26-14-18-11-19(15-26)13-20(12-18)16-26;1-15(2)18-13-17-7-6-8-20(21(17)14-18)16-9-11-19(12-10-16)22(3,4)5;1-3-2;;;/h2-10,18-20H,11-16H2,1H3;6-15H,1-5H3;1-2H3;2*1H;/q2*-1;;;;+4/p-2. The molecule has 4 heteroatoms. The van der Waals surface area contributed by atoms with Crippen molar-refractivity contribution in [3.8, 4) is 22.3 Å². The zero-order valence-corrected chi connectivity index (χ0v) is 38.7. The van der Waals surface area contributed by atoms with Crippen molar-refractivity contribution in [2.24, 2.45) is 17.8 Å². The number of fused-ring (bicyclic) bond motifs is 2. The van der Waals surface area contributed by atoms with Crippen LogP contribution in [-0.4, -0.2) is 9.52 Å². The molecule has 2 radical (unpaired) electrons. The van der Waals surface area contributed by atoms with Crippen molar-refractivity contribution in [3.63, 3.8) is 0 Å². The Morgan fingerprint density at radius 2 is 1.13 bits per heavy atom. The summed E-state index contributed by atoms with van der Waals surface area (Å²) in [4.78, 5) is 0. The van der Waals surface area contributed by atoms with Gasteiger partial charge in [-0.2, -0.15) is 12.1 Å². The molecule has 54 heavy (non-hydrogen) atoms. The number of halogens is 2. The summed E-state index contributed by atoms with van der Waals surface area (Å²) < 4.78 is 0. The minimum atomic E-state index is -0.826. The van der Waals surface area contributed by atoms with Gasteiger partial charge >= 0.3 is 37.9 Å². The topological polar surface area (TPSA) is 0 Å². The fourth-order valence-electron chi connectivity index (χ4n) is 10.1. The van der Waals surface area contributed by atoms with Gasteiger partial charge in [0.2, 0.25) is 0 Å². The number of hydrogen-bond acceptors (Lipinski definition) is 0. The van der Waals surface area contributed by atoms with Crippen LogP contribution in [0.3, 0.4) is 0 Å². The van der Waals surface area contributed by atoms with Crippen molar-refractivity contribution >= 4 is 48.1 Å². The third-order valence-electron chi connectivity index (χ3n) is 12.2. The summed E-state index contributed by atoms with van der Waals surface area (Å²) in [5, 5.41) is 5.48. The van der Waals surface area contributed by atoms with Crippen molar-refractivity contribution < 1.29 is 20.8 Å². The van der Waals surface area contributed by atoms with Crippen molar-refractivity contribution in [3.05, 3.63) is 131 Å². The van der Waals surface area contributed by atoms with Gasteiger partial charge in [-0.3, -0.25) is 0 Å². The summed E-state index contributed by atoms with van der Waals surface area (Å²) in [7, 11) is 11.0. The van der Waals surface area contributed by atoms with E-state index in [2.05, 4.69) is 164 Å². The predicted molar refractivity (Wildman–Crippen MR) is 237 cm³/mol. The second kappa shape index (κ2) is 17.9. The Labute approximate surface area is 347 Å². The molecule has 0 heterocycles. The molecule has 6 aromatic carbocycles. The third kappa shape index (κ3) is 9.31. The second-order valence-corrected chi connectivity index (χ2v) is 22.5. The van der Waals surface area contributed by atoms with Gasteiger partial charge in [0.15, 0.2) is 0 Å². The maximum atomic E-state index is 4.93. The molecule has 4 bridgehead atoms. The van der Waals surface area contributed by atoms with E-state index in [1.165, 1.54) is 99.0 Å². The Morgan fingerprint density at radius 3 is 1.59 bits per heavy atom. The molecule has 4 aliphatic carbocycles. The minimum absolute atomic E-state index is 0.204. The molecule has 10 rings (SSSR count). The molecular formula is C50H58Cl2SiZr. The first-order valence-corrected chi connectivity index (χ1v) is 28.3. The number of aryl methyl sites for hydroxylation is 1. The first kappa shape index (κ1) is 41.4. The van der Waals surface area contributed by atoms with Crippen LogP contribution in [0, 0.1) is 24.7 Å². The van der Waals surface area contributed by atoms with Crippen LogP contribution in [0.1, 0.15) is 101 Å². The molecule has 0 saturated heterocycles. The zero-order valence-electron chi connectivity index (χ0n) is 33.7. The molecule has 4 fully saturated rings. The van der Waals surface area contributed by atoms with Gasteiger partial charge in [0, 0.05) is 9.52 Å². The van der Waals surface area contributed by atoms with Crippen molar-refractivity contribution in [1.82, 2.24) is 0 Å². The molecular weight excluding hydrogens is 791 g/mol. The number of rotatable bonds is 4. The fraction of sp³-hybridized carbons (Fsp3) is 0.400. The monoisotopic (exact) mass is 846 g/mol. The van der Waals surface area contributed by atoms with Crippen molar-refractivity contribution in [2.45, 2.75) is 110 Å². The summed E-state index contributed by atoms with van der Waals surface area (Å²) in [5.41, 5.74) is 11.9. The molecule has 0 amide bonds. The Morgan fingerprint density at radius 1 is 0.685 bits per heavy atom. The molecule has 0 aromatic heterocycles. The van der Waals surface area contributed by atoms with Crippen LogP contribution in [0.5, 0.6) is 0 Å². The van der Waals surface area contributed by atoms with Crippen LogP contribution in [0.15, 0.2) is 109 Å². The van der Waals surface area contributed by atoms with Gasteiger partial charge in [-0.25, -0.2) is 0 Å². The van der Waals surface area contributed by atoms with E-state index in [-0.39, 0.29) is 5.41 Å². The molecule has 0 atom stereocenters. The summed E-state index contributed by atoms with van der Waals surface area (Å²) in [6.07, 6.45) is 8.93. The number of hydrogen-bond donors (Lipinski definition) is 0. The van der Waals surface area contributed by atoms with Gasteiger partial charge < -0.3 is 0 Å². The van der Waals surface area contributed by atoms with Crippen LogP contribution in [0.25, 0.3) is 43.8 Å². The summed E-state index contributed by atoms with van der Waals surface area (Å²) in [5.74, 6) is 3.62. The maximum absolute atomic E-state index is 4.93. The van der Waals surface area contributed by atoms with Crippen molar-refractivity contribution in [2.75, 3.05) is 0 Å². The SMILES string of the molecule is CC(C)c1cc2c(-c3ccc(C(C)(C)C)cc3)cccc2[cH-]1.C[Si]C.Cc1cc2c(-c3ccc(C45CC6CC(CC(C6)C4)C5)cc3)cccc2[cH-]1.[Cl][Zr+2][Cl]. The van der Waals surface area contributed by atoms with Crippen LogP contribution in [0.4, 0.5) is 0 Å². The van der Waals surface area contributed by atoms with E-state index in [1.807, 2.05) is 0 Å². The molecule has 0 nitrogen and oxygen atoms in total. The predicted octanol–water partition coefficient (Wildman–Crippen LogP) is 15.8. The molecule has 0 N–H and O–H groups in total. The summed E-state index contributed by atoms with van der Waals surface area (Å²) >= 11 is -0.826. The molecule has 6 aromatic rings. The molecule has 4 aliphatic rings. The van der Waals surface area contributed by atoms with Gasteiger partial charge in [-0.1, -0.05) is 126 Å². The van der Waals surface area contributed by atoms with Crippen LogP contribution in [-0.2, 0) is 31.7 Å². The van der Waals surface area contributed by atoms with Gasteiger partial charge in [0.05, 0.1) is 0 Å². The third-order valence-corrected chi connectivity index (χ3v) is 12.2. The molecule has 4 saturated carbocycles.